The number of anilines is 1. The zero-order valence-corrected chi connectivity index (χ0v) is 11.0. The summed E-state index contributed by atoms with van der Waals surface area (Å²) < 4.78 is 5.59. The van der Waals surface area contributed by atoms with Crippen LogP contribution in [-0.4, -0.2) is 12.5 Å². The second-order valence-electron chi connectivity index (χ2n) is 4.83. The molecule has 4 nitrogen and oxygen atoms in total. The van der Waals surface area contributed by atoms with Gasteiger partial charge >= 0.3 is 0 Å². The van der Waals surface area contributed by atoms with Crippen molar-refractivity contribution in [2.24, 2.45) is 0 Å². The number of benzene rings is 2. The van der Waals surface area contributed by atoms with Crippen molar-refractivity contribution in [2.75, 3.05) is 12.3 Å². The summed E-state index contributed by atoms with van der Waals surface area (Å²) in [4.78, 5) is 12.3. The second-order valence-corrected chi connectivity index (χ2v) is 4.83. The van der Waals surface area contributed by atoms with E-state index in [1.807, 2.05) is 24.3 Å². The van der Waals surface area contributed by atoms with Gasteiger partial charge in [-0.05, 0) is 24.3 Å². The Kier molecular flexibility index (Phi) is 3.29. The summed E-state index contributed by atoms with van der Waals surface area (Å²) in [6.45, 7) is 0.610. The molecule has 20 heavy (non-hydrogen) atoms. The van der Waals surface area contributed by atoms with Gasteiger partial charge < -0.3 is 15.8 Å². The Morgan fingerprint density at radius 1 is 1.20 bits per heavy atom. The molecule has 1 atom stereocenters. The van der Waals surface area contributed by atoms with Gasteiger partial charge in [-0.15, -0.1) is 0 Å². The summed E-state index contributed by atoms with van der Waals surface area (Å²) in [6.07, 6.45) is 0.769. The Bertz CT molecular complexity index is 640. The van der Waals surface area contributed by atoms with Gasteiger partial charge in [0, 0.05) is 23.2 Å². The van der Waals surface area contributed by atoms with Crippen LogP contribution in [-0.2, 0) is 0 Å². The van der Waals surface area contributed by atoms with Gasteiger partial charge in [0.1, 0.15) is 5.75 Å². The second kappa shape index (κ2) is 5.25. The maximum atomic E-state index is 12.3. The van der Waals surface area contributed by atoms with E-state index in [1.165, 1.54) is 0 Å². The van der Waals surface area contributed by atoms with Gasteiger partial charge in [-0.3, -0.25) is 4.79 Å². The fourth-order valence-electron chi connectivity index (χ4n) is 2.41. The van der Waals surface area contributed by atoms with Crippen molar-refractivity contribution in [1.82, 2.24) is 5.32 Å². The van der Waals surface area contributed by atoms with Gasteiger partial charge in [0.15, 0.2) is 0 Å². The Labute approximate surface area is 117 Å². The minimum Gasteiger partial charge on any atom is -0.493 e. The molecule has 0 spiro atoms. The van der Waals surface area contributed by atoms with Gasteiger partial charge in [0.25, 0.3) is 5.91 Å². The van der Waals surface area contributed by atoms with Gasteiger partial charge in [0.05, 0.1) is 12.6 Å². The normalized spacial score (nSPS) is 16.9. The predicted molar refractivity (Wildman–Crippen MR) is 77.6 cm³/mol. The van der Waals surface area contributed by atoms with Crippen LogP contribution in [0.15, 0.2) is 48.5 Å². The molecule has 3 N–H and O–H groups in total. The first-order valence-corrected chi connectivity index (χ1v) is 6.62. The van der Waals surface area contributed by atoms with Crippen LogP contribution >= 0.6 is 0 Å². The summed E-state index contributed by atoms with van der Waals surface area (Å²) in [5.41, 5.74) is 7.90. The third-order valence-corrected chi connectivity index (χ3v) is 3.41. The molecule has 1 aliphatic heterocycles. The minimum atomic E-state index is -0.112. The van der Waals surface area contributed by atoms with E-state index < -0.39 is 0 Å². The van der Waals surface area contributed by atoms with Crippen LogP contribution in [0.3, 0.4) is 0 Å². The average Bonchev–Trinajstić information content (AvgIpc) is 2.47. The largest absolute Gasteiger partial charge is 0.493 e. The topological polar surface area (TPSA) is 64.4 Å². The number of nitrogens with two attached hydrogens (primary N) is 1. The SMILES string of the molecule is Nc1cccc(C(=O)NC2CCOc3ccccc32)c1. The summed E-state index contributed by atoms with van der Waals surface area (Å²) in [7, 11) is 0. The van der Waals surface area contributed by atoms with Gasteiger partial charge in [-0.1, -0.05) is 24.3 Å². The number of nitrogen functional groups attached to an aromatic ring is 1. The molecule has 0 aromatic heterocycles. The summed E-state index contributed by atoms with van der Waals surface area (Å²) in [5.74, 6) is 0.732. The molecular formula is C16H16N2O2. The number of hydrogen-bond donors (Lipinski definition) is 2. The lowest BCUT2D eigenvalue weighted by molar-refractivity contribution is 0.0925. The number of para-hydroxylation sites is 1. The molecule has 0 saturated heterocycles. The van der Waals surface area contributed by atoms with Gasteiger partial charge in [-0.2, -0.15) is 0 Å². The quantitative estimate of drug-likeness (QED) is 0.823. The van der Waals surface area contributed by atoms with E-state index in [0.717, 1.165) is 17.7 Å². The number of hydrogen-bond acceptors (Lipinski definition) is 3. The number of carbonyl (C=O) groups excluding carboxylic acids is 1. The molecule has 0 fully saturated rings. The van der Waals surface area contributed by atoms with E-state index in [9.17, 15) is 4.79 Å². The maximum absolute atomic E-state index is 12.3. The Morgan fingerprint density at radius 2 is 2.05 bits per heavy atom. The standard InChI is InChI=1S/C16H16N2O2/c17-12-5-3-4-11(10-12)16(19)18-14-8-9-20-15-7-2-1-6-13(14)15/h1-7,10,14H,8-9,17H2,(H,18,19). The van der Waals surface area contributed by atoms with Crippen molar-refractivity contribution in [2.45, 2.75) is 12.5 Å². The molecule has 0 saturated carbocycles. The summed E-state index contributed by atoms with van der Waals surface area (Å²) >= 11 is 0. The molecule has 0 aliphatic carbocycles. The Balaban J connectivity index is 1.81. The molecule has 1 unspecified atom stereocenters. The monoisotopic (exact) mass is 268 g/mol. The van der Waals surface area contributed by atoms with E-state index in [0.29, 0.717) is 17.9 Å². The van der Waals surface area contributed by atoms with Crippen LogP contribution in [0.2, 0.25) is 0 Å². The number of amides is 1. The molecule has 0 bridgehead atoms. The smallest absolute Gasteiger partial charge is 0.251 e. The molecule has 3 rings (SSSR count). The zero-order valence-electron chi connectivity index (χ0n) is 11.0. The molecule has 4 heteroatoms. The van der Waals surface area contributed by atoms with E-state index in [4.69, 9.17) is 10.5 Å². The fraction of sp³-hybridized carbons (Fsp3) is 0.188. The van der Waals surface area contributed by atoms with E-state index >= 15 is 0 Å². The van der Waals surface area contributed by atoms with Gasteiger partial charge in [0.2, 0.25) is 0 Å². The molecule has 1 amide bonds. The molecule has 0 radical (unpaired) electrons. The molecule has 1 aliphatic rings. The van der Waals surface area contributed by atoms with Crippen molar-refractivity contribution in [3.8, 4) is 5.75 Å². The predicted octanol–water partition coefficient (Wildman–Crippen LogP) is 2.52. The van der Waals surface area contributed by atoms with Crippen LogP contribution in [0.25, 0.3) is 0 Å². The van der Waals surface area contributed by atoms with Crippen molar-refractivity contribution >= 4 is 11.6 Å². The van der Waals surface area contributed by atoms with Crippen LogP contribution in [0.5, 0.6) is 5.75 Å². The number of carbonyl (C=O) groups is 1. The van der Waals surface area contributed by atoms with Crippen LogP contribution < -0.4 is 15.8 Å². The Morgan fingerprint density at radius 3 is 2.90 bits per heavy atom. The third-order valence-electron chi connectivity index (χ3n) is 3.41. The molecule has 1 heterocycles. The summed E-state index contributed by atoms with van der Waals surface area (Å²) in [5, 5.41) is 3.04. The highest BCUT2D eigenvalue weighted by Gasteiger charge is 2.22. The first-order chi connectivity index (χ1) is 9.74. The molecule has 102 valence electrons. The minimum absolute atomic E-state index is 0.0196. The fourth-order valence-corrected chi connectivity index (χ4v) is 2.41. The highest BCUT2D eigenvalue weighted by atomic mass is 16.5. The number of nitrogens with one attached hydrogen (secondary N) is 1. The maximum Gasteiger partial charge on any atom is 0.251 e. The zero-order chi connectivity index (χ0) is 13.9. The Hall–Kier alpha value is -2.49. The lowest BCUT2D eigenvalue weighted by Gasteiger charge is -2.26. The number of fused-ring (bicyclic) bond motifs is 1. The average molecular weight is 268 g/mol. The highest BCUT2D eigenvalue weighted by molar-refractivity contribution is 5.95. The molecule has 2 aromatic carbocycles. The molecule has 2 aromatic rings. The van der Waals surface area contributed by atoms with Crippen LogP contribution in [0, 0.1) is 0 Å². The van der Waals surface area contributed by atoms with E-state index in [1.54, 1.807) is 24.3 Å². The van der Waals surface area contributed by atoms with E-state index in [2.05, 4.69) is 5.32 Å². The lowest BCUT2D eigenvalue weighted by atomic mass is 10.00. The number of rotatable bonds is 2. The van der Waals surface area contributed by atoms with Crippen LogP contribution in [0.4, 0.5) is 5.69 Å². The van der Waals surface area contributed by atoms with E-state index in [-0.39, 0.29) is 11.9 Å². The van der Waals surface area contributed by atoms with Crippen molar-refractivity contribution < 1.29 is 9.53 Å². The van der Waals surface area contributed by atoms with Crippen LogP contribution in [0.1, 0.15) is 28.4 Å². The van der Waals surface area contributed by atoms with Gasteiger partial charge in [-0.25, -0.2) is 0 Å². The van der Waals surface area contributed by atoms with Crippen molar-refractivity contribution in [3.05, 3.63) is 59.7 Å². The highest BCUT2D eigenvalue weighted by Crippen LogP contribution is 2.31. The molecular weight excluding hydrogens is 252 g/mol. The summed E-state index contributed by atoms with van der Waals surface area (Å²) in [6, 6.07) is 14.8. The lowest BCUT2D eigenvalue weighted by Crippen LogP contribution is -2.32. The van der Waals surface area contributed by atoms with Crippen molar-refractivity contribution in [3.63, 3.8) is 0 Å². The van der Waals surface area contributed by atoms with Crippen molar-refractivity contribution in [1.29, 1.82) is 0 Å². The first kappa shape index (κ1) is 12.5. The first-order valence-electron chi connectivity index (χ1n) is 6.62. The third kappa shape index (κ3) is 2.45. The number of ether oxygens (including phenoxy) is 1.